The van der Waals surface area contributed by atoms with E-state index < -0.39 is 0 Å². The maximum atomic E-state index is 12.7. The highest BCUT2D eigenvalue weighted by Crippen LogP contribution is 2.23. The zero-order valence-corrected chi connectivity index (χ0v) is 16.8. The zero-order valence-electron chi connectivity index (χ0n) is 16.8. The van der Waals surface area contributed by atoms with E-state index in [-0.39, 0.29) is 17.5 Å². The van der Waals surface area contributed by atoms with E-state index in [1.54, 1.807) is 6.07 Å². The molecule has 0 spiro atoms. The molecule has 1 amide bonds. The summed E-state index contributed by atoms with van der Waals surface area (Å²) in [4.78, 5) is 29.7. The molecule has 2 aromatic rings. The van der Waals surface area contributed by atoms with Gasteiger partial charge in [-0.15, -0.1) is 5.10 Å². The van der Waals surface area contributed by atoms with E-state index in [4.69, 9.17) is 0 Å². The summed E-state index contributed by atoms with van der Waals surface area (Å²) >= 11 is 0. The fourth-order valence-corrected chi connectivity index (χ4v) is 4.72. The van der Waals surface area contributed by atoms with Crippen LogP contribution in [0.2, 0.25) is 0 Å². The van der Waals surface area contributed by atoms with Gasteiger partial charge in [0.25, 0.3) is 5.56 Å². The quantitative estimate of drug-likeness (QED) is 0.810. The van der Waals surface area contributed by atoms with E-state index in [0.717, 1.165) is 39.0 Å². The Balaban J connectivity index is 1.37. The van der Waals surface area contributed by atoms with Crippen molar-refractivity contribution in [1.82, 2.24) is 24.8 Å². The van der Waals surface area contributed by atoms with E-state index in [1.165, 1.54) is 11.1 Å². The number of fused-ring (bicyclic) bond motifs is 1. The molecule has 0 saturated carbocycles. The minimum absolute atomic E-state index is 0.0472. The lowest BCUT2D eigenvalue weighted by Crippen LogP contribution is -2.48. The lowest BCUT2D eigenvalue weighted by atomic mass is 9.92. The van der Waals surface area contributed by atoms with E-state index in [0.29, 0.717) is 29.3 Å². The van der Waals surface area contributed by atoms with Gasteiger partial charge in [0.15, 0.2) is 0 Å². The lowest BCUT2D eigenvalue weighted by molar-refractivity contribution is -0.135. The molecule has 1 aromatic heterocycles. The molecule has 2 aliphatic heterocycles. The normalized spacial score (nSPS) is 24.6. The Kier molecular flexibility index (Phi) is 5.44. The van der Waals surface area contributed by atoms with Crippen molar-refractivity contribution in [2.45, 2.75) is 39.2 Å². The summed E-state index contributed by atoms with van der Waals surface area (Å²) in [6, 6.07) is 7.37. The summed E-state index contributed by atoms with van der Waals surface area (Å²) in [5.41, 5.74) is 0.563. The third-order valence-electron chi connectivity index (χ3n) is 6.07. The van der Waals surface area contributed by atoms with Crippen molar-refractivity contribution in [3.05, 3.63) is 34.6 Å². The van der Waals surface area contributed by atoms with Crippen molar-refractivity contribution < 1.29 is 4.79 Å². The van der Waals surface area contributed by atoms with Gasteiger partial charge in [-0.1, -0.05) is 31.2 Å². The molecule has 4 rings (SSSR count). The molecular weight excluding hydrogens is 354 g/mol. The van der Waals surface area contributed by atoms with Gasteiger partial charge in [0.05, 0.1) is 18.0 Å². The lowest BCUT2D eigenvalue weighted by Gasteiger charge is -2.37. The first-order chi connectivity index (χ1) is 13.5. The van der Waals surface area contributed by atoms with Crippen molar-refractivity contribution in [2.75, 3.05) is 32.7 Å². The summed E-state index contributed by atoms with van der Waals surface area (Å²) in [6.07, 6.45) is 2.83. The number of carbonyl (C=O) groups is 1. The molecule has 7 heteroatoms. The van der Waals surface area contributed by atoms with Gasteiger partial charge in [0, 0.05) is 26.2 Å². The molecule has 0 radical (unpaired) electrons. The topological polar surface area (TPSA) is 71.3 Å². The van der Waals surface area contributed by atoms with Gasteiger partial charge < -0.3 is 4.90 Å². The van der Waals surface area contributed by atoms with Crippen molar-refractivity contribution in [1.29, 1.82) is 0 Å². The average molecular weight is 383 g/mol. The van der Waals surface area contributed by atoms with Crippen LogP contribution in [0.15, 0.2) is 29.1 Å². The smallest absolute Gasteiger partial charge is 0.277 e. The summed E-state index contributed by atoms with van der Waals surface area (Å²) < 4.78 is 1.54. The van der Waals surface area contributed by atoms with E-state index in [1.807, 2.05) is 23.1 Å². The van der Waals surface area contributed by atoms with Crippen molar-refractivity contribution in [3.8, 4) is 0 Å². The number of benzene rings is 1. The predicted molar refractivity (Wildman–Crippen MR) is 108 cm³/mol. The Labute approximate surface area is 165 Å². The second-order valence-corrected chi connectivity index (χ2v) is 8.61. The average Bonchev–Trinajstić information content (AvgIpc) is 2.68. The first-order valence-electron chi connectivity index (χ1n) is 10.4. The van der Waals surface area contributed by atoms with Gasteiger partial charge in [0.2, 0.25) is 5.91 Å². The Morgan fingerprint density at radius 1 is 1.11 bits per heavy atom. The summed E-state index contributed by atoms with van der Waals surface area (Å²) in [6.45, 7) is 8.29. The molecule has 0 bridgehead atoms. The third kappa shape index (κ3) is 3.94. The van der Waals surface area contributed by atoms with Crippen LogP contribution in [0.1, 0.15) is 39.2 Å². The van der Waals surface area contributed by atoms with Gasteiger partial charge in [-0.2, -0.15) is 0 Å². The van der Waals surface area contributed by atoms with Gasteiger partial charge in [-0.25, -0.2) is 4.68 Å². The zero-order chi connectivity index (χ0) is 19.7. The van der Waals surface area contributed by atoms with Crippen LogP contribution < -0.4 is 5.56 Å². The minimum atomic E-state index is -0.0728. The van der Waals surface area contributed by atoms with Crippen LogP contribution in [-0.4, -0.2) is 63.4 Å². The number of likely N-dealkylation sites (tertiary alicyclic amines) is 2. The molecule has 7 nitrogen and oxygen atoms in total. The number of carbonyl (C=O) groups excluding carboxylic acids is 1. The Morgan fingerprint density at radius 3 is 2.50 bits per heavy atom. The highest BCUT2D eigenvalue weighted by atomic mass is 16.2. The third-order valence-corrected chi connectivity index (χ3v) is 6.07. The van der Waals surface area contributed by atoms with Crippen LogP contribution in [0.5, 0.6) is 0 Å². The Bertz CT molecular complexity index is 893. The Hall–Kier alpha value is -2.28. The number of nitrogens with zero attached hydrogens (tertiary/aromatic N) is 5. The summed E-state index contributed by atoms with van der Waals surface area (Å²) in [5.74, 6) is 1.40. The number of hydrogen-bond donors (Lipinski definition) is 0. The maximum absolute atomic E-state index is 12.7. The molecule has 2 fully saturated rings. The SMILES string of the molecule is C[C@@H]1C[C@H](C)CN(C(=O)CN2CCC(n3nnc4ccccc4c3=O)CC2)C1. The van der Waals surface area contributed by atoms with Crippen molar-refractivity contribution in [2.24, 2.45) is 11.8 Å². The molecule has 1 aromatic carbocycles. The van der Waals surface area contributed by atoms with Crippen LogP contribution >= 0.6 is 0 Å². The van der Waals surface area contributed by atoms with Gasteiger partial charge >= 0.3 is 0 Å². The summed E-state index contributed by atoms with van der Waals surface area (Å²) in [7, 11) is 0. The number of hydrogen-bond acceptors (Lipinski definition) is 5. The summed E-state index contributed by atoms with van der Waals surface area (Å²) in [5, 5.41) is 8.98. The molecule has 0 N–H and O–H groups in total. The van der Waals surface area contributed by atoms with Crippen LogP contribution in [0.4, 0.5) is 0 Å². The fourth-order valence-electron chi connectivity index (χ4n) is 4.72. The molecule has 2 atom stereocenters. The first-order valence-corrected chi connectivity index (χ1v) is 10.4. The van der Waals surface area contributed by atoms with E-state index in [9.17, 15) is 9.59 Å². The molecule has 2 aliphatic rings. The first kappa shape index (κ1) is 19.1. The highest BCUT2D eigenvalue weighted by molar-refractivity contribution is 5.78. The molecule has 0 unspecified atom stereocenters. The largest absolute Gasteiger partial charge is 0.341 e. The van der Waals surface area contributed by atoms with E-state index >= 15 is 0 Å². The van der Waals surface area contributed by atoms with Crippen LogP contribution in [0.3, 0.4) is 0 Å². The molecule has 28 heavy (non-hydrogen) atoms. The van der Waals surface area contributed by atoms with Gasteiger partial charge in [-0.3, -0.25) is 14.5 Å². The fraction of sp³-hybridized carbons (Fsp3) is 0.619. The van der Waals surface area contributed by atoms with Crippen molar-refractivity contribution >= 4 is 16.8 Å². The Morgan fingerprint density at radius 2 is 1.79 bits per heavy atom. The van der Waals surface area contributed by atoms with Gasteiger partial charge in [-0.05, 0) is 43.2 Å². The maximum Gasteiger partial charge on any atom is 0.277 e. The molecule has 2 saturated heterocycles. The van der Waals surface area contributed by atoms with E-state index in [2.05, 4.69) is 29.1 Å². The number of aromatic nitrogens is 3. The van der Waals surface area contributed by atoms with Gasteiger partial charge in [0.1, 0.15) is 5.52 Å². The van der Waals surface area contributed by atoms with Crippen LogP contribution in [0.25, 0.3) is 10.9 Å². The molecular formula is C21H29N5O2. The van der Waals surface area contributed by atoms with Crippen LogP contribution in [-0.2, 0) is 4.79 Å². The number of rotatable bonds is 3. The molecule has 0 aliphatic carbocycles. The standard InChI is InChI=1S/C21H29N5O2/c1-15-11-16(2)13-25(12-15)20(27)14-24-9-7-17(8-10-24)26-21(28)18-5-3-4-6-19(18)22-23-26/h3-6,15-17H,7-14H2,1-2H3/t15-,16+. The monoisotopic (exact) mass is 383 g/mol. The van der Waals surface area contributed by atoms with Crippen molar-refractivity contribution in [3.63, 3.8) is 0 Å². The van der Waals surface area contributed by atoms with Crippen LogP contribution in [0, 0.1) is 11.8 Å². The predicted octanol–water partition coefficient (Wildman–Crippen LogP) is 1.93. The highest BCUT2D eigenvalue weighted by Gasteiger charge is 2.28. The second kappa shape index (κ2) is 7.99. The second-order valence-electron chi connectivity index (χ2n) is 8.61. The number of piperidine rings is 2. The number of amides is 1. The minimum Gasteiger partial charge on any atom is -0.341 e. The molecule has 150 valence electrons. The molecule has 3 heterocycles.